The van der Waals surface area contributed by atoms with Gasteiger partial charge in [0.15, 0.2) is 0 Å². The minimum atomic E-state index is -1.28. The summed E-state index contributed by atoms with van der Waals surface area (Å²) in [6, 6.07) is 15.3. The van der Waals surface area contributed by atoms with Crippen molar-refractivity contribution in [2.75, 3.05) is 6.54 Å². The van der Waals surface area contributed by atoms with Gasteiger partial charge in [-0.2, -0.15) is 0 Å². The van der Waals surface area contributed by atoms with Gasteiger partial charge in [-0.1, -0.05) is 54.1 Å². The maximum Gasteiger partial charge on any atom is 0.267 e. The SMILES string of the molecule is O=C([O-])CCNC(=O)/C(=C/c1ccccc1)NC(=O)c1ccccc1Cl. The van der Waals surface area contributed by atoms with E-state index in [-0.39, 0.29) is 29.2 Å². The number of carbonyl (C=O) groups excluding carboxylic acids is 3. The Morgan fingerprint density at radius 3 is 2.31 bits per heavy atom. The first-order valence-corrected chi connectivity index (χ1v) is 8.16. The lowest BCUT2D eigenvalue weighted by Crippen LogP contribution is -2.37. The van der Waals surface area contributed by atoms with Gasteiger partial charge in [-0.25, -0.2) is 0 Å². The van der Waals surface area contributed by atoms with Crippen molar-refractivity contribution in [2.45, 2.75) is 6.42 Å². The highest BCUT2D eigenvalue weighted by Crippen LogP contribution is 2.15. The minimum absolute atomic E-state index is 0.0283. The van der Waals surface area contributed by atoms with Crippen LogP contribution in [0.4, 0.5) is 0 Å². The molecule has 0 unspecified atom stereocenters. The highest BCUT2D eigenvalue weighted by molar-refractivity contribution is 6.34. The summed E-state index contributed by atoms with van der Waals surface area (Å²) in [6.07, 6.45) is 1.16. The highest BCUT2D eigenvalue weighted by Gasteiger charge is 2.16. The summed E-state index contributed by atoms with van der Waals surface area (Å²) >= 11 is 6.01. The molecule has 0 fully saturated rings. The van der Waals surface area contributed by atoms with Crippen molar-refractivity contribution in [3.8, 4) is 0 Å². The van der Waals surface area contributed by atoms with E-state index in [1.165, 1.54) is 12.1 Å². The van der Waals surface area contributed by atoms with Gasteiger partial charge in [-0.3, -0.25) is 9.59 Å². The highest BCUT2D eigenvalue weighted by atomic mass is 35.5. The smallest absolute Gasteiger partial charge is 0.267 e. The molecule has 0 bridgehead atoms. The molecule has 2 aromatic carbocycles. The quantitative estimate of drug-likeness (QED) is 0.718. The van der Waals surface area contributed by atoms with Crippen molar-refractivity contribution in [1.82, 2.24) is 10.6 Å². The van der Waals surface area contributed by atoms with Crippen LogP contribution in [0, 0.1) is 0 Å². The summed E-state index contributed by atoms with van der Waals surface area (Å²) in [6.45, 7) is -0.116. The van der Waals surface area contributed by atoms with Crippen molar-refractivity contribution >= 4 is 35.5 Å². The van der Waals surface area contributed by atoms with E-state index in [0.29, 0.717) is 5.56 Å². The third kappa shape index (κ3) is 5.75. The third-order valence-corrected chi connectivity index (χ3v) is 3.67. The zero-order valence-electron chi connectivity index (χ0n) is 13.7. The molecule has 134 valence electrons. The second-order valence-corrected chi connectivity index (χ2v) is 5.69. The molecule has 0 heterocycles. The van der Waals surface area contributed by atoms with Crippen LogP contribution in [0.5, 0.6) is 0 Å². The van der Waals surface area contributed by atoms with Crippen LogP contribution in [0.1, 0.15) is 22.3 Å². The zero-order chi connectivity index (χ0) is 18.9. The number of hydrogen-bond acceptors (Lipinski definition) is 4. The largest absolute Gasteiger partial charge is 0.550 e. The molecular formula is C19H16ClN2O4-. The van der Waals surface area contributed by atoms with Gasteiger partial charge >= 0.3 is 0 Å². The van der Waals surface area contributed by atoms with Crippen molar-refractivity contribution in [3.05, 3.63) is 76.4 Å². The summed E-state index contributed by atoms with van der Waals surface area (Å²) in [7, 11) is 0. The monoisotopic (exact) mass is 371 g/mol. The molecule has 7 heteroatoms. The number of carboxylic acid groups (broad SMARTS) is 1. The Bertz CT molecular complexity index is 834. The second kappa shape index (κ2) is 9.39. The van der Waals surface area contributed by atoms with Crippen LogP contribution in [-0.2, 0) is 9.59 Å². The Morgan fingerprint density at radius 2 is 1.65 bits per heavy atom. The van der Waals surface area contributed by atoms with Gasteiger partial charge < -0.3 is 20.5 Å². The molecule has 0 atom stereocenters. The van der Waals surface area contributed by atoms with Crippen LogP contribution < -0.4 is 15.7 Å². The average molecular weight is 372 g/mol. The van der Waals surface area contributed by atoms with Crippen molar-refractivity contribution in [3.63, 3.8) is 0 Å². The van der Waals surface area contributed by atoms with E-state index in [1.54, 1.807) is 42.5 Å². The molecule has 2 aromatic rings. The first kappa shape index (κ1) is 19.2. The van der Waals surface area contributed by atoms with Gasteiger partial charge in [0.2, 0.25) is 0 Å². The molecular weight excluding hydrogens is 356 g/mol. The Kier molecular flexibility index (Phi) is 6.93. The van der Waals surface area contributed by atoms with Gasteiger partial charge in [0.05, 0.1) is 10.6 Å². The van der Waals surface area contributed by atoms with Gasteiger partial charge in [-0.15, -0.1) is 0 Å². The van der Waals surface area contributed by atoms with Gasteiger partial charge in [-0.05, 0) is 23.8 Å². The molecule has 0 aromatic heterocycles. The predicted octanol–water partition coefficient (Wildman–Crippen LogP) is 1.37. The molecule has 0 radical (unpaired) electrons. The number of amides is 2. The van der Waals surface area contributed by atoms with Gasteiger partial charge in [0.25, 0.3) is 11.8 Å². The molecule has 0 aliphatic carbocycles. The number of hydrogen-bond donors (Lipinski definition) is 2. The van der Waals surface area contributed by atoms with Crippen LogP contribution >= 0.6 is 11.6 Å². The molecule has 6 nitrogen and oxygen atoms in total. The maximum atomic E-state index is 12.4. The molecule has 0 aliphatic rings. The van der Waals surface area contributed by atoms with Crippen molar-refractivity contribution in [1.29, 1.82) is 0 Å². The zero-order valence-corrected chi connectivity index (χ0v) is 14.5. The minimum Gasteiger partial charge on any atom is -0.550 e. The van der Waals surface area contributed by atoms with E-state index in [2.05, 4.69) is 10.6 Å². The number of carboxylic acids is 1. The second-order valence-electron chi connectivity index (χ2n) is 5.28. The summed E-state index contributed by atoms with van der Waals surface area (Å²) in [4.78, 5) is 35.3. The number of carbonyl (C=O) groups is 3. The predicted molar refractivity (Wildman–Crippen MR) is 96.0 cm³/mol. The topological polar surface area (TPSA) is 98.3 Å². The Balaban J connectivity index is 2.21. The first-order chi connectivity index (χ1) is 12.5. The summed E-state index contributed by atoms with van der Waals surface area (Å²) in [5, 5.41) is 15.7. The standard InChI is InChI=1S/C19H17ClN2O4/c20-15-9-5-4-8-14(15)18(25)22-16(12-13-6-2-1-3-7-13)19(26)21-11-10-17(23)24/h1-9,12H,10-11H2,(H,21,26)(H,22,25)(H,23,24)/p-1/b16-12-. The molecule has 2 rings (SSSR count). The number of benzene rings is 2. The van der Waals surface area contributed by atoms with E-state index in [9.17, 15) is 19.5 Å². The van der Waals surface area contributed by atoms with E-state index in [4.69, 9.17) is 11.6 Å². The van der Waals surface area contributed by atoms with E-state index < -0.39 is 17.8 Å². The Hall–Kier alpha value is -3.12. The third-order valence-electron chi connectivity index (χ3n) is 3.34. The molecule has 26 heavy (non-hydrogen) atoms. The van der Waals surface area contributed by atoms with E-state index in [0.717, 1.165) is 0 Å². The lowest BCUT2D eigenvalue weighted by molar-refractivity contribution is -0.305. The summed E-state index contributed by atoms with van der Waals surface area (Å²) < 4.78 is 0. The van der Waals surface area contributed by atoms with E-state index >= 15 is 0 Å². The van der Waals surface area contributed by atoms with Crippen LogP contribution in [0.3, 0.4) is 0 Å². The maximum absolute atomic E-state index is 12.4. The summed E-state index contributed by atoms with van der Waals surface area (Å²) in [5.74, 6) is -2.44. The molecule has 2 amide bonds. The first-order valence-electron chi connectivity index (χ1n) is 7.78. The number of halogens is 1. The molecule has 0 spiro atoms. The molecule has 0 aliphatic heterocycles. The Labute approximate surface area is 155 Å². The number of nitrogens with one attached hydrogen (secondary N) is 2. The Morgan fingerprint density at radius 1 is 1.00 bits per heavy atom. The lowest BCUT2D eigenvalue weighted by Gasteiger charge is -2.12. The number of aliphatic carboxylic acids is 1. The average Bonchev–Trinajstić information content (AvgIpc) is 2.62. The fraction of sp³-hybridized carbons (Fsp3) is 0.105. The van der Waals surface area contributed by atoms with Crippen LogP contribution in [0.2, 0.25) is 5.02 Å². The summed E-state index contributed by atoms with van der Waals surface area (Å²) in [5.41, 5.74) is 0.882. The normalized spacial score (nSPS) is 10.9. The van der Waals surface area contributed by atoms with Crippen LogP contribution in [0.15, 0.2) is 60.3 Å². The lowest BCUT2D eigenvalue weighted by atomic mass is 10.1. The number of rotatable bonds is 7. The molecule has 0 saturated heterocycles. The fourth-order valence-corrected chi connectivity index (χ4v) is 2.30. The van der Waals surface area contributed by atoms with Crippen LogP contribution in [0.25, 0.3) is 6.08 Å². The molecule has 2 N–H and O–H groups in total. The van der Waals surface area contributed by atoms with Crippen molar-refractivity contribution in [2.24, 2.45) is 0 Å². The molecule has 0 saturated carbocycles. The van der Waals surface area contributed by atoms with Crippen molar-refractivity contribution < 1.29 is 19.5 Å². The van der Waals surface area contributed by atoms with Crippen LogP contribution in [-0.4, -0.2) is 24.3 Å². The fourth-order valence-electron chi connectivity index (χ4n) is 2.08. The van der Waals surface area contributed by atoms with E-state index in [1.807, 2.05) is 6.07 Å². The van der Waals surface area contributed by atoms with Gasteiger partial charge in [0, 0.05) is 18.9 Å². The van der Waals surface area contributed by atoms with Gasteiger partial charge in [0.1, 0.15) is 5.70 Å².